The van der Waals surface area contributed by atoms with Crippen LogP contribution in [0.5, 0.6) is 0 Å². The van der Waals surface area contributed by atoms with Gasteiger partial charge < -0.3 is 0 Å². The van der Waals surface area contributed by atoms with Crippen molar-refractivity contribution in [2.45, 2.75) is 0 Å². The Morgan fingerprint density at radius 2 is 2.67 bits per heavy atom. The lowest BCUT2D eigenvalue weighted by molar-refractivity contribution is 0.655. The molecule has 1 aromatic rings. The maximum absolute atomic E-state index is 11.6. The molecular weight excluding hydrogens is 99.1 g/mol. The van der Waals surface area contributed by atoms with E-state index in [1.807, 2.05) is 0 Å². The van der Waals surface area contributed by atoms with Crippen molar-refractivity contribution in [2.75, 3.05) is 0 Å². The molecule has 0 saturated carbocycles. The SMILES string of the molecule is Fc1[c]c[c]s1. The van der Waals surface area contributed by atoms with Crippen LogP contribution < -0.4 is 0 Å². The van der Waals surface area contributed by atoms with Gasteiger partial charge in [-0.2, -0.15) is 4.39 Å². The van der Waals surface area contributed by atoms with Gasteiger partial charge >= 0.3 is 0 Å². The Balaban J connectivity index is 3.05. The normalized spacial score (nSPS) is 8.83. The molecule has 0 saturated heterocycles. The molecule has 6 heavy (non-hydrogen) atoms. The fourth-order valence-electron chi connectivity index (χ4n) is 0.197. The highest BCUT2D eigenvalue weighted by molar-refractivity contribution is 7.07. The van der Waals surface area contributed by atoms with Crippen LogP contribution in [-0.2, 0) is 0 Å². The van der Waals surface area contributed by atoms with Crippen molar-refractivity contribution < 1.29 is 4.39 Å². The molecule has 0 aromatic carbocycles. The Morgan fingerprint density at radius 3 is 2.83 bits per heavy atom. The zero-order valence-electron chi connectivity index (χ0n) is 2.86. The smallest absolute Gasteiger partial charge is 0.185 e. The van der Waals surface area contributed by atoms with Crippen molar-refractivity contribution >= 4 is 11.3 Å². The Kier molecular flexibility index (Phi) is 0.881. The third kappa shape index (κ3) is 0.571. The van der Waals surface area contributed by atoms with Crippen molar-refractivity contribution in [3.8, 4) is 0 Å². The fourth-order valence-corrected chi connectivity index (χ4v) is 0.536. The number of thiophene rings is 1. The van der Waals surface area contributed by atoms with Gasteiger partial charge in [-0.15, -0.1) is 11.3 Å². The average Bonchev–Trinajstić information content (AvgIpc) is 1.86. The summed E-state index contributed by atoms with van der Waals surface area (Å²) in [4.78, 5) is 0. The maximum Gasteiger partial charge on any atom is 0.185 e. The van der Waals surface area contributed by atoms with Gasteiger partial charge in [-0.05, 0) is 6.07 Å². The van der Waals surface area contributed by atoms with Crippen LogP contribution in [0.1, 0.15) is 0 Å². The maximum atomic E-state index is 11.6. The second-order valence-corrected chi connectivity index (χ2v) is 1.58. The molecule has 0 bridgehead atoms. The van der Waals surface area contributed by atoms with Crippen LogP contribution in [0.4, 0.5) is 4.39 Å². The molecule has 0 N–H and O–H groups in total. The molecule has 0 fully saturated rings. The zero-order chi connectivity index (χ0) is 4.41. The van der Waals surface area contributed by atoms with Gasteiger partial charge in [-0.3, -0.25) is 0 Å². The van der Waals surface area contributed by atoms with Crippen LogP contribution in [-0.4, -0.2) is 0 Å². The van der Waals surface area contributed by atoms with E-state index in [1.54, 1.807) is 0 Å². The van der Waals surface area contributed by atoms with E-state index >= 15 is 0 Å². The van der Waals surface area contributed by atoms with Gasteiger partial charge in [0.05, 0.1) is 0 Å². The van der Waals surface area contributed by atoms with E-state index < -0.39 is 0 Å². The largest absolute Gasteiger partial charge is 0.194 e. The van der Waals surface area contributed by atoms with Crippen LogP contribution >= 0.6 is 11.3 Å². The molecule has 2 heteroatoms. The zero-order valence-corrected chi connectivity index (χ0v) is 3.68. The predicted molar refractivity (Wildman–Crippen MR) is 21.9 cm³/mol. The molecule has 0 spiro atoms. The van der Waals surface area contributed by atoms with Crippen LogP contribution in [0, 0.1) is 16.6 Å². The van der Waals surface area contributed by atoms with E-state index in [1.165, 1.54) is 6.07 Å². The first-order valence-electron chi connectivity index (χ1n) is 1.42. The molecule has 0 nitrogen and oxygen atoms in total. The highest BCUT2D eigenvalue weighted by Gasteiger charge is 1.82. The molecule has 0 amide bonds. The van der Waals surface area contributed by atoms with Gasteiger partial charge in [0.2, 0.25) is 0 Å². The third-order valence-corrected chi connectivity index (χ3v) is 0.926. The molecule has 1 aromatic heterocycles. The van der Waals surface area contributed by atoms with Crippen molar-refractivity contribution in [1.82, 2.24) is 0 Å². The van der Waals surface area contributed by atoms with E-state index in [0.717, 1.165) is 11.3 Å². The van der Waals surface area contributed by atoms with Crippen molar-refractivity contribution in [2.24, 2.45) is 0 Å². The van der Waals surface area contributed by atoms with Crippen LogP contribution in [0.2, 0.25) is 0 Å². The standard InChI is InChI=1S/C4HFS/c5-4-2-1-3-6-4/h1H. The minimum atomic E-state index is -0.296. The van der Waals surface area contributed by atoms with Gasteiger partial charge in [0.15, 0.2) is 5.13 Å². The van der Waals surface area contributed by atoms with Crippen LogP contribution in [0.3, 0.4) is 0 Å². The van der Waals surface area contributed by atoms with Gasteiger partial charge in [0, 0.05) is 11.4 Å². The molecule has 0 atom stereocenters. The second kappa shape index (κ2) is 1.39. The topological polar surface area (TPSA) is 0 Å². The second-order valence-electron chi connectivity index (χ2n) is 0.782. The number of hydrogen-bond donors (Lipinski definition) is 0. The Hall–Kier alpha value is -0.370. The van der Waals surface area contributed by atoms with E-state index in [4.69, 9.17) is 0 Å². The van der Waals surface area contributed by atoms with E-state index in [9.17, 15) is 4.39 Å². The summed E-state index contributed by atoms with van der Waals surface area (Å²) in [5.74, 6) is 0. The summed E-state index contributed by atoms with van der Waals surface area (Å²) >= 11 is 0.931. The number of hydrogen-bond acceptors (Lipinski definition) is 1. The summed E-state index contributed by atoms with van der Waals surface area (Å²) in [5.41, 5.74) is 0. The lowest BCUT2D eigenvalue weighted by Gasteiger charge is -1.58. The monoisotopic (exact) mass is 100.0 g/mol. The molecule has 0 unspecified atom stereocenters. The lowest BCUT2D eigenvalue weighted by Crippen LogP contribution is -1.45. The minimum absolute atomic E-state index is 0.296. The Labute approximate surface area is 39.2 Å². The summed E-state index contributed by atoms with van der Waals surface area (Å²) in [7, 11) is 0. The van der Waals surface area contributed by atoms with Crippen molar-refractivity contribution in [3.63, 3.8) is 0 Å². The molecule has 30 valence electrons. The number of rotatable bonds is 0. The molecule has 0 aliphatic heterocycles. The first-order chi connectivity index (χ1) is 2.89. The highest BCUT2D eigenvalue weighted by atomic mass is 32.1. The minimum Gasteiger partial charge on any atom is -0.194 e. The van der Waals surface area contributed by atoms with Gasteiger partial charge in [0.1, 0.15) is 0 Å². The van der Waals surface area contributed by atoms with E-state index in [-0.39, 0.29) is 5.13 Å². The van der Waals surface area contributed by atoms with Gasteiger partial charge in [0.25, 0.3) is 0 Å². The molecule has 0 aliphatic carbocycles. The van der Waals surface area contributed by atoms with Crippen molar-refractivity contribution in [1.29, 1.82) is 0 Å². The Bertz CT molecular complexity index is 111. The van der Waals surface area contributed by atoms with Crippen molar-refractivity contribution in [3.05, 3.63) is 22.6 Å². The summed E-state index contributed by atoms with van der Waals surface area (Å²) in [6, 6.07) is 3.73. The first kappa shape index (κ1) is 3.81. The predicted octanol–water partition coefficient (Wildman–Crippen LogP) is 1.49. The van der Waals surface area contributed by atoms with E-state index in [0.29, 0.717) is 0 Å². The average molecular weight is 100 g/mol. The molecule has 1 heterocycles. The Morgan fingerprint density at radius 1 is 1.83 bits per heavy atom. The molecular formula is C4HFS. The fraction of sp³-hybridized carbons (Fsp3) is 0. The number of halogens is 1. The summed E-state index contributed by atoms with van der Waals surface area (Å²) < 4.78 is 11.6. The summed E-state index contributed by atoms with van der Waals surface area (Å²) in [6.07, 6.45) is 0. The van der Waals surface area contributed by atoms with Crippen LogP contribution in [0.15, 0.2) is 6.07 Å². The highest BCUT2D eigenvalue weighted by Crippen LogP contribution is 2.00. The molecule has 0 aliphatic rings. The van der Waals surface area contributed by atoms with Gasteiger partial charge in [-0.1, -0.05) is 0 Å². The van der Waals surface area contributed by atoms with E-state index in [2.05, 4.69) is 11.4 Å². The quantitative estimate of drug-likeness (QED) is 0.463. The third-order valence-electron chi connectivity index (χ3n) is 0.393. The molecule has 2 radical (unpaired) electrons. The van der Waals surface area contributed by atoms with Gasteiger partial charge in [-0.25, -0.2) is 0 Å². The lowest BCUT2D eigenvalue weighted by atomic mass is 10.7. The summed E-state index contributed by atoms with van der Waals surface area (Å²) in [6.45, 7) is 0. The summed E-state index contributed by atoms with van der Waals surface area (Å²) in [5, 5.41) is 2.24. The first-order valence-corrected chi connectivity index (χ1v) is 2.24. The van der Waals surface area contributed by atoms with Crippen LogP contribution in [0.25, 0.3) is 0 Å². The molecule has 1 rings (SSSR count).